The van der Waals surface area contributed by atoms with Crippen molar-refractivity contribution >= 4 is 11.3 Å². The minimum atomic E-state index is 0.622. The van der Waals surface area contributed by atoms with E-state index >= 15 is 0 Å². The molecule has 0 aliphatic carbocycles. The molecule has 0 saturated carbocycles. The van der Waals surface area contributed by atoms with Crippen molar-refractivity contribution in [1.29, 1.82) is 0 Å². The lowest BCUT2D eigenvalue weighted by atomic mass is 10.2. The van der Waals surface area contributed by atoms with Gasteiger partial charge in [-0.3, -0.25) is 4.90 Å². The van der Waals surface area contributed by atoms with Gasteiger partial charge in [0.15, 0.2) is 0 Å². The zero-order valence-electron chi connectivity index (χ0n) is 8.70. The molecule has 0 unspecified atom stereocenters. The van der Waals surface area contributed by atoms with E-state index < -0.39 is 0 Å². The van der Waals surface area contributed by atoms with Crippen LogP contribution in [0.5, 0.6) is 0 Å². The van der Waals surface area contributed by atoms with Crippen LogP contribution >= 0.6 is 11.3 Å². The molecule has 1 aliphatic rings. The van der Waals surface area contributed by atoms with Crippen molar-refractivity contribution < 1.29 is 0 Å². The third-order valence-corrected chi connectivity index (χ3v) is 4.09. The van der Waals surface area contributed by atoms with E-state index in [0.29, 0.717) is 6.04 Å². The second kappa shape index (κ2) is 4.43. The van der Waals surface area contributed by atoms with Gasteiger partial charge in [0.25, 0.3) is 0 Å². The Morgan fingerprint density at radius 1 is 1.64 bits per heavy atom. The van der Waals surface area contributed by atoms with Crippen molar-refractivity contribution in [2.45, 2.75) is 32.4 Å². The third kappa shape index (κ3) is 2.00. The van der Waals surface area contributed by atoms with E-state index in [1.54, 1.807) is 0 Å². The molecule has 0 radical (unpaired) electrons. The standard InChI is InChI=1S/C11H18N2S/c1-9-4-6-14-11(9)8-13-5-2-3-10(13)7-12/h4,6,10H,2-3,5,7-8,12H2,1H3/t10-/m0/s1. The van der Waals surface area contributed by atoms with Crippen LogP contribution in [0.3, 0.4) is 0 Å². The first kappa shape index (κ1) is 10.1. The van der Waals surface area contributed by atoms with E-state index in [2.05, 4.69) is 23.3 Å². The number of likely N-dealkylation sites (tertiary alicyclic amines) is 1. The van der Waals surface area contributed by atoms with Gasteiger partial charge in [-0.05, 0) is 43.3 Å². The number of hydrogen-bond acceptors (Lipinski definition) is 3. The lowest BCUT2D eigenvalue weighted by Gasteiger charge is -2.22. The average molecular weight is 210 g/mol. The van der Waals surface area contributed by atoms with Crippen LogP contribution in [-0.2, 0) is 6.54 Å². The first-order valence-corrected chi connectivity index (χ1v) is 6.16. The van der Waals surface area contributed by atoms with E-state index in [1.165, 1.54) is 29.8 Å². The SMILES string of the molecule is Cc1ccsc1CN1CCC[C@H]1CN. The number of rotatable bonds is 3. The van der Waals surface area contributed by atoms with Crippen molar-refractivity contribution in [1.82, 2.24) is 4.90 Å². The zero-order valence-corrected chi connectivity index (χ0v) is 9.52. The topological polar surface area (TPSA) is 29.3 Å². The molecule has 1 aromatic heterocycles. The fraction of sp³-hybridized carbons (Fsp3) is 0.636. The Balaban J connectivity index is 2.00. The lowest BCUT2D eigenvalue weighted by Crippen LogP contribution is -2.34. The Bertz CT molecular complexity index is 295. The van der Waals surface area contributed by atoms with E-state index in [0.717, 1.165) is 13.1 Å². The first-order valence-electron chi connectivity index (χ1n) is 5.28. The highest BCUT2D eigenvalue weighted by Gasteiger charge is 2.23. The van der Waals surface area contributed by atoms with Gasteiger partial charge in [-0.25, -0.2) is 0 Å². The molecule has 1 fully saturated rings. The van der Waals surface area contributed by atoms with Gasteiger partial charge in [0.1, 0.15) is 0 Å². The summed E-state index contributed by atoms with van der Waals surface area (Å²) in [6.45, 7) is 5.33. The summed E-state index contributed by atoms with van der Waals surface area (Å²) in [6.07, 6.45) is 2.59. The van der Waals surface area contributed by atoms with Crippen molar-refractivity contribution in [3.63, 3.8) is 0 Å². The number of nitrogens with zero attached hydrogens (tertiary/aromatic N) is 1. The van der Waals surface area contributed by atoms with E-state index in [4.69, 9.17) is 5.73 Å². The Labute approximate surface area is 89.7 Å². The quantitative estimate of drug-likeness (QED) is 0.826. The maximum absolute atomic E-state index is 5.75. The predicted molar refractivity (Wildman–Crippen MR) is 61.5 cm³/mol. The summed E-state index contributed by atoms with van der Waals surface area (Å²) in [6, 6.07) is 2.82. The highest BCUT2D eigenvalue weighted by molar-refractivity contribution is 7.10. The number of hydrogen-bond donors (Lipinski definition) is 1. The molecular weight excluding hydrogens is 192 g/mol. The highest BCUT2D eigenvalue weighted by Crippen LogP contribution is 2.23. The Morgan fingerprint density at radius 2 is 2.50 bits per heavy atom. The molecule has 1 aromatic rings. The van der Waals surface area contributed by atoms with Gasteiger partial charge in [0.05, 0.1) is 0 Å². The average Bonchev–Trinajstić information content (AvgIpc) is 2.77. The van der Waals surface area contributed by atoms with Crippen LogP contribution in [0.2, 0.25) is 0 Å². The smallest absolute Gasteiger partial charge is 0.0334 e. The van der Waals surface area contributed by atoms with Crippen LogP contribution in [0, 0.1) is 6.92 Å². The molecule has 3 heteroatoms. The maximum atomic E-state index is 5.75. The summed E-state index contributed by atoms with van der Waals surface area (Å²) in [7, 11) is 0. The van der Waals surface area contributed by atoms with E-state index in [-0.39, 0.29) is 0 Å². The lowest BCUT2D eigenvalue weighted by molar-refractivity contribution is 0.252. The van der Waals surface area contributed by atoms with Gasteiger partial charge in [-0.1, -0.05) is 0 Å². The molecule has 1 aliphatic heterocycles. The summed E-state index contributed by atoms with van der Waals surface area (Å²) >= 11 is 1.87. The van der Waals surface area contributed by atoms with Gasteiger partial charge in [-0.15, -0.1) is 11.3 Å². The maximum Gasteiger partial charge on any atom is 0.0334 e. The zero-order chi connectivity index (χ0) is 9.97. The third-order valence-electron chi connectivity index (χ3n) is 3.09. The summed E-state index contributed by atoms with van der Waals surface area (Å²) in [5, 5.41) is 2.18. The van der Waals surface area contributed by atoms with Crippen molar-refractivity contribution in [3.8, 4) is 0 Å². The van der Waals surface area contributed by atoms with Crippen LogP contribution < -0.4 is 5.73 Å². The molecule has 0 amide bonds. The monoisotopic (exact) mass is 210 g/mol. The van der Waals surface area contributed by atoms with Gasteiger partial charge in [0.2, 0.25) is 0 Å². The summed E-state index contributed by atoms with van der Waals surface area (Å²) < 4.78 is 0. The molecular formula is C11H18N2S. The molecule has 2 nitrogen and oxygen atoms in total. The predicted octanol–water partition coefficient (Wildman–Crippen LogP) is 1.98. The molecule has 0 spiro atoms. The molecule has 2 N–H and O–H groups in total. The normalized spacial score (nSPS) is 23.1. The van der Waals surface area contributed by atoms with Gasteiger partial charge < -0.3 is 5.73 Å². The molecule has 1 atom stereocenters. The van der Waals surface area contributed by atoms with Crippen LogP contribution in [0.1, 0.15) is 23.3 Å². The molecule has 0 bridgehead atoms. The summed E-state index contributed by atoms with van der Waals surface area (Å²) in [4.78, 5) is 4.03. The van der Waals surface area contributed by atoms with Crippen LogP contribution in [-0.4, -0.2) is 24.0 Å². The molecule has 2 heterocycles. The molecule has 14 heavy (non-hydrogen) atoms. The minimum absolute atomic E-state index is 0.622. The Morgan fingerprint density at radius 3 is 3.14 bits per heavy atom. The summed E-state index contributed by atoms with van der Waals surface area (Å²) in [5.74, 6) is 0. The number of aryl methyl sites for hydroxylation is 1. The fourth-order valence-electron chi connectivity index (χ4n) is 2.12. The number of nitrogens with two attached hydrogens (primary N) is 1. The first-order chi connectivity index (χ1) is 6.81. The van der Waals surface area contributed by atoms with Gasteiger partial charge in [-0.2, -0.15) is 0 Å². The van der Waals surface area contributed by atoms with Crippen LogP contribution in [0.4, 0.5) is 0 Å². The molecule has 2 rings (SSSR count). The van der Waals surface area contributed by atoms with Gasteiger partial charge in [0, 0.05) is 24.0 Å². The largest absolute Gasteiger partial charge is 0.329 e. The second-order valence-corrected chi connectivity index (χ2v) is 5.03. The van der Waals surface area contributed by atoms with E-state index in [9.17, 15) is 0 Å². The van der Waals surface area contributed by atoms with Crippen molar-refractivity contribution in [3.05, 3.63) is 21.9 Å². The molecule has 1 saturated heterocycles. The van der Waals surface area contributed by atoms with Crippen LogP contribution in [0.25, 0.3) is 0 Å². The molecule has 0 aromatic carbocycles. The van der Waals surface area contributed by atoms with E-state index in [1.807, 2.05) is 11.3 Å². The fourth-order valence-corrected chi connectivity index (χ4v) is 3.05. The highest BCUT2D eigenvalue weighted by atomic mass is 32.1. The van der Waals surface area contributed by atoms with Crippen LogP contribution in [0.15, 0.2) is 11.4 Å². The Hall–Kier alpha value is -0.380. The number of thiophene rings is 1. The Kier molecular flexibility index (Phi) is 3.21. The second-order valence-electron chi connectivity index (χ2n) is 4.03. The van der Waals surface area contributed by atoms with Gasteiger partial charge >= 0.3 is 0 Å². The van der Waals surface area contributed by atoms with Crippen molar-refractivity contribution in [2.75, 3.05) is 13.1 Å². The minimum Gasteiger partial charge on any atom is -0.329 e. The summed E-state index contributed by atoms with van der Waals surface area (Å²) in [5.41, 5.74) is 7.18. The molecule has 78 valence electrons. The van der Waals surface area contributed by atoms with Crippen molar-refractivity contribution in [2.24, 2.45) is 5.73 Å².